The number of carbonyl (C=O) groups excluding carboxylic acids is 2. The minimum Gasteiger partial charge on any atom is -0.346 e. The lowest BCUT2D eigenvalue weighted by Gasteiger charge is -2.24. The number of anilines is 1. The molecule has 2 amide bonds. The minimum atomic E-state index is -0.431. The number of aryl methyl sites for hydroxylation is 2. The Morgan fingerprint density at radius 1 is 1.11 bits per heavy atom. The van der Waals surface area contributed by atoms with Gasteiger partial charge in [-0.3, -0.25) is 14.5 Å². The zero-order chi connectivity index (χ0) is 20.8. The second kappa shape index (κ2) is 9.92. The molecule has 0 bridgehead atoms. The molecule has 0 aromatic heterocycles. The van der Waals surface area contributed by atoms with Crippen LogP contribution in [0.1, 0.15) is 23.6 Å². The van der Waals surface area contributed by atoms with Crippen LogP contribution in [0, 0.1) is 13.8 Å². The van der Waals surface area contributed by atoms with Crippen LogP contribution in [-0.2, 0) is 16.1 Å². The van der Waals surface area contributed by atoms with Crippen LogP contribution in [0.15, 0.2) is 36.4 Å². The summed E-state index contributed by atoms with van der Waals surface area (Å²) in [7, 11) is 1.83. The Kier molecular flexibility index (Phi) is 7.87. The molecule has 2 rings (SSSR count). The van der Waals surface area contributed by atoms with Gasteiger partial charge in [0.1, 0.15) is 0 Å². The molecule has 150 valence electrons. The van der Waals surface area contributed by atoms with E-state index in [0.717, 1.165) is 22.4 Å². The monoisotopic (exact) mass is 421 g/mol. The topological polar surface area (TPSA) is 61.4 Å². The first-order chi connectivity index (χ1) is 13.2. The van der Waals surface area contributed by atoms with E-state index in [1.165, 1.54) is 0 Å². The van der Waals surface area contributed by atoms with Gasteiger partial charge in [-0.1, -0.05) is 47.5 Å². The van der Waals surface area contributed by atoms with Crippen molar-refractivity contribution in [3.63, 3.8) is 0 Å². The van der Waals surface area contributed by atoms with Gasteiger partial charge >= 0.3 is 0 Å². The number of carbonyl (C=O) groups is 2. The standard InChI is InChI=1S/C21H25Cl2N3O2/c1-13-6-5-7-14(2)20(13)25-19(27)11-24-21(28)15(3)26(4)12-16-8-9-17(22)10-18(16)23/h5-10,15H,11-12H2,1-4H3,(H,24,28)(H,25,27)/t15-/m1/s1. The summed E-state index contributed by atoms with van der Waals surface area (Å²) < 4.78 is 0. The largest absolute Gasteiger partial charge is 0.346 e. The van der Waals surface area contributed by atoms with Crippen LogP contribution >= 0.6 is 23.2 Å². The number of hydrogen-bond acceptors (Lipinski definition) is 3. The molecule has 0 heterocycles. The van der Waals surface area contributed by atoms with Crippen LogP contribution in [0.25, 0.3) is 0 Å². The molecule has 0 aliphatic carbocycles. The molecule has 2 aromatic rings. The van der Waals surface area contributed by atoms with Crippen LogP contribution in [0.4, 0.5) is 5.69 Å². The summed E-state index contributed by atoms with van der Waals surface area (Å²) in [5.41, 5.74) is 3.62. The van der Waals surface area contributed by atoms with E-state index in [4.69, 9.17) is 23.2 Å². The van der Waals surface area contributed by atoms with Crippen molar-refractivity contribution in [2.24, 2.45) is 0 Å². The van der Waals surface area contributed by atoms with E-state index in [1.807, 2.05) is 50.1 Å². The molecule has 1 atom stereocenters. The van der Waals surface area contributed by atoms with Gasteiger partial charge in [0.25, 0.3) is 0 Å². The van der Waals surface area contributed by atoms with Crippen molar-refractivity contribution in [2.75, 3.05) is 18.9 Å². The van der Waals surface area contributed by atoms with E-state index in [-0.39, 0.29) is 18.4 Å². The SMILES string of the molecule is Cc1cccc(C)c1NC(=O)CNC(=O)[C@@H](C)N(C)Cc1ccc(Cl)cc1Cl. The molecule has 0 saturated carbocycles. The Labute approximate surface area is 176 Å². The Hall–Kier alpha value is -2.08. The summed E-state index contributed by atoms with van der Waals surface area (Å²) in [6.07, 6.45) is 0. The highest BCUT2D eigenvalue weighted by Crippen LogP contribution is 2.22. The molecule has 5 nitrogen and oxygen atoms in total. The predicted octanol–water partition coefficient (Wildman–Crippen LogP) is 4.19. The van der Waals surface area contributed by atoms with E-state index in [9.17, 15) is 9.59 Å². The maximum Gasteiger partial charge on any atom is 0.243 e. The quantitative estimate of drug-likeness (QED) is 0.704. The summed E-state index contributed by atoms with van der Waals surface area (Å²) in [5, 5.41) is 6.66. The van der Waals surface area contributed by atoms with Gasteiger partial charge in [0, 0.05) is 22.3 Å². The lowest BCUT2D eigenvalue weighted by atomic mass is 10.1. The van der Waals surface area contributed by atoms with Gasteiger partial charge in [0.2, 0.25) is 11.8 Å². The highest BCUT2D eigenvalue weighted by molar-refractivity contribution is 6.35. The number of nitrogens with zero attached hydrogens (tertiary/aromatic N) is 1. The van der Waals surface area contributed by atoms with Crippen molar-refractivity contribution in [3.8, 4) is 0 Å². The Morgan fingerprint density at radius 3 is 2.36 bits per heavy atom. The third-order valence-electron chi connectivity index (χ3n) is 4.64. The van der Waals surface area contributed by atoms with Gasteiger partial charge in [-0.15, -0.1) is 0 Å². The third-order valence-corrected chi connectivity index (χ3v) is 5.23. The molecule has 0 aliphatic rings. The zero-order valence-electron chi connectivity index (χ0n) is 16.5. The number of para-hydroxylation sites is 1. The second-order valence-corrected chi connectivity index (χ2v) is 7.70. The number of amides is 2. The highest BCUT2D eigenvalue weighted by Gasteiger charge is 2.20. The first kappa shape index (κ1) is 22.2. The minimum absolute atomic E-state index is 0.0908. The number of likely N-dealkylation sites (N-methyl/N-ethyl adjacent to an activating group) is 1. The molecular weight excluding hydrogens is 397 g/mol. The number of halogens is 2. The van der Waals surface area contributed by atoms with Crippen molar-refractivity contribution in [3.05, 3.63) is 63.1 Å². The van der Waals surface area contributed by atoms with Crippen LogP contribution < -0.4 is 10.6 Å². The van der Waals surface area contributed by atoms with Gasteiger partial charge in [0.05, 0.1) is 12.6 Å². The fourth-order valence-electron chi connectivity index (χ4n) is 2.77. The maximum absolute atomic E-state index is 12.4. The molecule has 0 fully saturated rings. The Bertz CT molecular complexity index is 850. The van der Waals surface area contributed by atoms with Crippen molar-refractivity contribution in [2.45, 2.75) is 33.4 Å². The number of nitrogens with one attached hydrogen (secondary N) is 2. The first-order valence-corrected chi connectivity index (χ1v) is 9.72. The molecule has 0 aliphatic heterocycles. The first-order valence-electron chi connectivity index (χ1n) is 8.97. The average molecular weight is 422 g/mol. The molecule has 28 heavy (non-hydrogen) atoms. The van der Waals surface area contributed by atoms with Crippen molar-refractivity contribution in [1.29, 1.82) is 0 Å². The van der Waals surface area contributed by atoms with E-state index in [1.54, 1.807) is 19.1 Å². The summed E-state index contributed by atoms with van der Waals surface area (Å²) in [5.74, 6) is -0.495. The average Bonchev–Trinajstić information content (AvgIpc) is 2.64. The lowest BCUT2D eigenvalue weighted by molar-refractivity contribution is -0.127. The van der Waals surface area contributed by atoms with Crippen LogP contribution in [0.3, 0.4) is 0 Å². The normalized spacial score (nSPS) is 12.0. The Morgan fingerprint density at radius 2 is 1.75 bits per heavy atom. The van der Waals surface area contributed by atoms with Crippen LogP contribution in [0.5, 0.6) is 0 Å². The molecule has 0 unspecified atom stereocenters. The summed E-state index contributed by atoms with van der Waals surface area (Å²) in [6, 6.07) is 10.6. The lowest BCUT2D eigenvalue weighted by Crippen LogP contribution is -2.45. The van der Waals surface area contributed by atoms with Gasteiger partial charge in [-0.25, -0.2) is 0 Å². The van der Waals surface area contributed by atoms with E-state index < -0.39 is 6.04 Å². The molecule has 0 spiro atoms. The summed E-state index contributed by atoms with van der Waals surface area (Å²) >= 11 is 12.1. The smallest absolute Gasteiger partial charge is 0.243 e. The van der Waals surface area contributed by atoms with Crippen molar-refractivity contribution >= 4 is 40.7 Å². The molecule has 2 N–H and O–H groups in total. The van der Waals surface area contributed by atoms with Crippen LogP contribution in [0.2, 0.25) is 10.0 Å². The molecule has 0 saturated heterocycles. The summed E-state index contributed by atoms with van der Waals surface area (Å²) in [4.78, 5) is 26.5. The van der Waals surface area contributed by atoms with Crippen molar-refractivity contribution in [1.82, 2.24) is 10.2 Å². The predicted molar refractivity (Wildman–Crippen MR) is 115 cm³/mol. The second-order valence-electron chi connectivity index (χ2n) is 6.86. The van der Waals surface area contributed by atoms with Crippen LogP contribution in [-0.4, -0.2) is 36.3 Å². The zero-order valence-corrected chi connectivity index (χ0v) is 18.0. The van der Waals surface area contributed by atoms with Crippen molar-refractivity contribution < 1.29 is 9.59 Å². The number of benzene rings is 2. The van der Waals surface area contributed by atoms with Gasteiger partial charge < -0.3 is 10.6 Å². The highest BCUT2D eigenvalue weighted by atomic mass is 35.5. The molecule has 7 heteroatoms. The molecule has 0 radical (unpaired) electrons. The maximum atomic E-state index is 12.4. The number of hydrogen-bond donors (Lipinski definition) is 2. The molecular formula is C21H25Cl2N3O2. The fourth-order valence-corrected chi connectivity index (χ4v) is 3.23. The van der Waals surface area contributed by atoms with Gasteiger partial charge in [-0.05, 0) is 56.6 Å². The van der Waals surface area contributed by atoms with E-state index in [2.05, 4.69) is 10.6 Å². The van der Waals surface area contributed by atoms with E-state index in [0.29, 0.717) is 16.6 Å². The van der Waals surface area contributed by atoms with E-state index >= 15 is 0 Å². The Balaban J connectivity index is 1.88. The summed E-state index contributed by atoms with van der Waals surface area (Å²) in [6.45, 7) is 6.04. The fraction of sp³-hybridized carbons (Fsp3) is 0.333. The number of rotatable bonds is 7. The van der Waals surface area contributed by atoms with Gasteiger partial charge in [-0.2, -0.15) is 0 Å². The third kappa shape index (κ3) is 5.96. The molecule has 2 aromatic carbocycles. The van der Waals surface area contributed by atoms with Gasteiger partial charge in [0.15, 0.2) is 0 Å².